The first-order chi connectivity index (χ1) is 15.6. The number of aromatic hydroxyl groups is 1. The van der Waals surface area contributed by atoms with Crippen molar-refractivity contribution in [2.24, 2.45) is 0 Å². The number of fused-ring (bicyclic) bond motifs is 1. The van der Waals surface area contributed by atoms with Crippen molar-refractivity contribution in [1.82, 2.24) is 0 Å². The summed E-state index contributed by atoms with van der Waals surface area (Å²) < 4.78 is 46.0. The molecule has 8 heteroatoms. The maximum Gasteiger partial charge on any atom is 0.416 e. The van der Waals surface area contributed by atoms with Crippen LogP contribution in [0.5, 0.6) is 17.2 Å². The van der Waals surface area contributed by atoms with Crippen LogP contribution in [0.15, 0.2) is 72.8 Å². The largest absolute Gasteiger partial charge is 0.507 e. The number of anilines is 1. The molecule has 0 atom stereocenters. The number of carbonyl (C=O) groups excluding carboxylic acids is 1. The highest BCUT2D eigenvalue weighted by molar-refractivity contribution is 6.31. The van der Waals surface area contributed by atoms with Crippen molar-refractivity contribution >= 4 is 34.0 Å². The molecule has 0 saturated carbocycles. The van der Waals surface area contributed by atoms with Gasteiger partial charge in [0.1, 0.15) is 11.5 Å². The first-order valence-electron chi connectivity index (χ1n) is 9.81. The number of benzene rings is 4. The molecule has 4 aromatic rings. The number of alkyl halides is 3. The van der Waals surface area contributed by atoms with Crippen LogP contribution in [-0.4, -0.2) is 11.0 Å². The molecule has 0 aliphatic rings. The summed E-state index contributed by atoms with van der Waals surface area (Å²) in [6.07, 6.45) is -4.63. The van der Waals surface area contributed by atoms with Gasteiger partial charge in [0.2, 0.25) is 0 Å². The molecule has 4 aromatic carbocycles. The van der Waals surface area contributed by atoms with Gasteiger partial charge in [-0.15, -0.1) is 0 Å². The molecule has 0 aliphatic carbocycles. The standard InChI is InChI=1S/C25H17ClF3NO3/c1-14-6-10-22(18-5-3-2-4-17(14)18)33-23-11-7-15(25(27,28)29)12-20(23)30-24(32)19-13-16(26)8-9-21(19)31/h2-13,31H,1H3,(H,30,32). The van der Waals surface area contributed by atoms with E-state index < -0.39 is 17.6 Å². The van der Waals surface area contributed by atoms with Crippen LogP contribution >= 0.6 is 11.6 Å². The fourth-order valence-electron chi connectivity index (χ4n) is 3.40. The molecule has 0 aliphatic heterocycles. The summed E-state index contributed by atoms with van der Waals surface area (Å²) in [4.78, 5) is 12.7. The second-order valence-corrected chi connectivity index (χ2v) is 7.79. The monoisotopic (exact) mass is 471 g/mol. The Hall–Kier alpha value is -3.71. The lowest BCUT2D eigenvalue weighted by Gasteiger charge is -2.17. The van der Waals surface area contributed by atoms with Gasteiger partial charge in [0.15, 0.2) is 5.75 Å². The Labute approximate surface area is 192 Å². The number of ether oxygens (including phenoxy) is 1. The number of hydrogen-bond donors (Lipinski definition) is 2. The predicted octanol–water partition coefficient (Wildman–Crippen LogP) is 7.57. The van der Waals surface area contributed by atoms with E-state index in [0.717, 1.165) is 34.5 Å². The van der Waals surface area contributed by atoms with Crippen molar-refractivity contribution in [3.63, 3.8) is 0 Å². The Morgan fingerprint density at radius 3 is 2.36 bits per heavy atom. The van der Waals surface area contributed by atoms with Crippen molar-refractivity contribution in [3.05, 3.63) is 94.5 Å². The zero-order chi connectivity index (χ0) is 23.8. The van der Waals surface area contributed by atoms with Crippen LogP contribution in [0.1, 0.15) is 21.5 Å². The summed E-state index contributed by atoms with van der Waals surface area (Å²) in [6.45, 7) is 1.94. The van der Waals surface area contributed by atoms with Crippen molar-refractivity contribution in [2.45, 2.75) is 13.1 Å². The van der Waals surface area contributed by atoms with E-state index in [1.165, 1.54) is 18.2 Å². The van der Waals surface area contributed by atoms with Crippen LogP contribution in [0.4, 0.5) is 18.9 Å². The second-order valence-electron chi connectivity index (χ2n) is 7.35. The summed E-state index contributed by atoms with van der Waals surface area (Å²) in [5, 5.41) is 14.3. The maximum absolute atomic E-state index is 13.3. The molecule has 33 heavy (non-hydrogen) atoms. The number of aryl methyl sites for hydroxylation is 1. The van der Waals surface area contributed by atoms with Gasteiger partial charge in [0.05, 0.1) is 16.8 Å². The maximum atomic E-state index is 13.3. The fourth-order valence-corrected chi connectivity index (χ4v) is 3.57. The molecular weight excluding hydrogens is 455 g/mol. The topological polar surface area (TPSA) is 58.6 Å². The van der Waals surface area contributed by atoms with Gasteiger partial charge in [-0.05, 0) is 60.3 Å². The number of halogens is 4. The molecule has 0 saturated heterocycles. The molecular formula is C25H17ClF3NO3. The van der Waals surface area contributed by atoms with E-state index >= 15 is 0 Å². The Morgan fingerprint density at radius 2 is 1.64 bits per heavy atom. The number of phenolic OH excluding ortho intramolecular Hbond substituents is 1. The quantitative estimate of drug-likeness (QED) is 0.322. The third-order valence-electron chi connectivity index (χ3n) is 5.08. The summed E-state index contributed by atoms with van der Waals surface area (Å²) in [5.74, 6) is -0.784. The van der Waals surface area contributed by atoms with Gasteiger partial charge in [0.25, 0.3) is 5.91 Å². The fraction of sp³-hybridized carbons (Fsp3) is 0.0800. The van der Waals surface area contributed by atoms with Gasteiger partial charge in [-0.3, -0.25) is 4.79 Å². The Balaban J connectivity index is 1.77. The van der Waals surface area contributed by atoms with Gasteiger partial charge in [0, 0.05) is 10.4 Å². The van der Waals surface area contributed by atoms with Crippen molar-refractivity contribution in [2.75, 3.05) is 5.32 Å². The lowest BCUT2D eigenvalue weighted by Crippen LogP contribution is -2.14. The second kappa shape index (κ2) is 8.67. The number of rotatable bonds is 4. The predicted molar refractivity (Wildman–Crippen MR) is 121 cm³/mol. The molecule has 0 radical (unpaired) electrons. The lowest BCUT2D eigenvalue weighted by atomic mass is 10.0. The van der Waals surface area contributed by atoms with Gasteiger partial charge >= 0.3 is 6.18 Å². The summed E-state index contributed by atoms with van der Waals surface area (Å²) in [5.41, 5.74) is -0.352. The highest BCUT2D eigenvalue weighted by atomic mass is 35.5. The Kier molecular flexibility index (Phi) is 5.91. The molecule has 0 bridgehead atoms. The Bertz CT molecular complexity index is 1370. The normalized spacial score (nSPS) is 11.4. The summed E-state index contributed by atoms with van der Waals surface area (Å²) >= 11 is 5.89. The highest BCUT2D eigenvalue weighted by Gasteiger charge is 2.31. The molecule has 0 spiro atoms. The van der Waals surface area contributed by atoms with Crippen molar-refractivity contribution < 1.29 is 27.8 Å². The number of phenols is 1. The van der Waals surface area contributed by atoms with Crippen LogP contribution in [0.25, 0.3) is 10.8 Å². The van der Waals surface area contributed by atoms with Crippen LogP contribution in [0, 0.1) is 6.92 Å². The van der Waals surface area contributed by atoms with Gasteiger partial charge in [-0.25, -0.2) is 0 Å². The molecule has 168 valence electrons. The minimum absolute atomic E-state index is 0.00636. The number of amides is 1. The van der Waals surface area contributed by atoms with E-state index in [0.29, 0.717) is 5.75 Å². The number of hydrogen-bond acceptors (Lipinski definition) is 3. The molecule has 0 aromatic heterocycles. The summed E-state index contributed by atoms with van der Waals surface area (Å²) in [6, 6.07) is 17.6. The highest BCUT2D eigenvalue weighted by Crippen LogP contribution is 2.39. The van der Waals surface area contributed by atoms with E-state index in [-0.39, 0.29) is 27.8 Å². The lowest BCUT2D eigenvalue weighted by molar-refractivity contribution is -0.137. The molecule has 1 amide bonds. The molecule has 4 nitrogen and oxygen atoms in total. The smallest absolute Gasteiger partial charge is 0.416 e. The minimum Gasteiger partial charge on any atom is -0.507 e. The molecule has 0 fully saturated rings. The third kappa shape index (κ3) is 4.73. The van der Waals surface area contributed by atoms with E-state index in [1.54, 1.807) is 6.07 Å². The Morgan fingerprint density at radius 1 is 0.939 bits per heavy atom. The average Bonchev–Trinajstić information content (AvgIpc) is 2.77. The molecule has 0 heterocycles. The van der Waals surface area contributed by atoms with Crippen molar-refractivity contribution in [1.29, 1.82) is 0 Å². The molecule has 0 unspecified atom stereocenters. The van der Waals surface area contributed by atoms with Crippen LogP contribution < -0.4 is 10.1 Å². The molecule has 2 N–H and O–H groups in total. The van der Waals surface area contributed by atoms with E-state index in [1.807, 2.05) is 37.3 Å². The van der Waals surface area contributed by atoms with E-state index in [4.69, 9.17) is 16.3 Å². The SMILES string of the molecule is Cc1ccc(Oc2ccc(C(F)(F)F)cc2NC(=O)c2cc(Cl)ccc2O)c2ccccc12. The molecule has 4 rings (SSSR count). The van der Waals surface area contributed by atoms with Crippen LogP contribution in [0.3, 0.4) is 0 Å². The van der Waals surface area contributed by atoms with Crippen LogP contribution in [-0.2, 0) is 6.18 Å². The number of carbonyl (C=O) groups is 1. The minimum atomic E-state index is -4.63. The van der Waals surface area contributed by atoms with Crippen LogP contribution in [0.2, 0.25) is 5.02 Å². The van der Waals surface area contributed by atoms with E-state index in [2.05, 4.69) is 5.32 Å². The summed E-state index contributed by atoms with van der Waals surface area (Å²) in [7, 11) is 0. The number of nitrogens with one attached hydrogen (secondary N) is 1. The van der Waals surface area contributed by atoms with Gasteiger partial charge in [-0.1, -0.05) is 41.9 Å². The first-order valence-corrected chi connectivity index (χ1v) is 10.2. The zero-order valence-electron chi connectivity index (χ0n) is 17.2. The zero-order valence-corrected chi connectivity index (χ0v) is 18.0. The first kappa shape index (κ1) is 22.5. The third-order valence-corrected chi connectivity index (χ3v) is 5.32. The van der Waals surface area contributed by atoms with Gasteiger partial charge < -0.3 is 15.2 Å². The van der Waals surface area contributed by atoms with Gasteiger partial charge in [-0.2, -0.15) is 13.2 Å². The van der Waals surface area contributed by atoms with E-state index in [9.17, 15) is 23.1 Å². The van der Waals surface area contributed by atoms with Crippen molar-refractivity contribution in [3.8, 4) is 17.2 Å². The average molecular weight is 472 g/mol.